The lowest BCUT2D eigenvalue weighted by Crippen LogP contribution is -2.00. The van der Waals surface area contributed by atoms with Crippen LogP contribution in [0.5, 0.6) is 0 Å². The Bertz CT molecular complexity index is 399. The molecule has 3 nitrogen and oxygen atoms in total. The molecular weight excluding hydrogens is 224 g/mol. The van der Waals surface area contributed by atoms with Gasteiger partial charge in [-0.05, 0) is 24.6 Å². The molecule has 0 aliphatic heterocycles. The van der Waals surface area contributed by atoms with Crippen molar-refractivity contribution >= 4 is 21.7 Å². The first-order valence-electron chi connectivity index (χ1n) is 4.15. The van der Waals surface area contributed by atoms with Gasteiger partial charge in [0.2, 0.25) is 0 Å². The fourth-order valence-corrected chi connectivity index (χ4v) is 1.84. The predicted molar refractivity (Wildman–Crippen MR) is 57.4 cm³/mol. The van der Waals surface area contributed by atoms with Crippen molar-refractivity contribution in [3.8, 4) is 0 Å². The molecule has 0 unspecified atom stereocenters. The third-order valence-corrected chi connectivity index (χ3v) is 2.66. The Morgan fingerprint density at radius 2 is 1.79 bits per heavy atom. The van der Waals surface area contributed by atoms with Crippen LogP contribution in [0.25, 0.3) is 0 Å². The number of rotatable bonds is 1. The molecule has 14 heavy (non-hydrogen) atoms. The first kappa shape index (κ1) is 13.4. The van der Waals surface area contributed by atoms with Crippen molar-refractivity contribution in [3.05, 3.63) is 28.8 Å². The summed E-state index contributed by atoms with van der Waals surface area (Å²) in [6.45, 7) is 5.58. The van der Waals surface area contributed by atoms with Gasteiger partial charge in [-0.3, -0.25) is 4.55 Å². The molecule has 0 spiro atoms. The SMILES string of the molecule is CC.Cc1ccc(Cl)cc1S(=O)(=O)O. The zero-order chi connectivity index (χ0) is 11.4. The molecular formula is C9H13ClO3S. The van der Waals surface area contributed by atoms with E-state index in [1.807, 2.05) is 13.8 Å². The molecule has 0 fully saturated rings. The van der Waals surface area contributed by atoms with Gasteiger partial charge in [0.05, 0.1) is 4.90 Å². The Morgan fingerprint density at radius 3 is 2.14 bits per heavy atom. The lowest BCUT2D eigenvalue weighted by molar-refractivity contribution is 0.482. The van der Waals surface area contributed by atoms with Crippen LogP contribution in [0.15, 0.2) is 23.1 Å². The zero-order valence-electron chi connectivity index (χ0n) is 8.28. The van der Waals surface area contributed by atoms with E-state index >= 15 is 0 Å². The summed E-state index contributed by atoms with van der Waals surface area (Å²) in [5.74, 6) is 0. The summed E-state index contributed by atoms with van der Waals surface area (Å²) in [5, 5.41) is 0.285. The average Bonchev–Trinajstić information content (AvgIpc) is 2.11. The maximum Gasteiger partial charge on any atom is 0.294 e. The molecule has 80 valence electrons. The van der Waals surface area contributed by atoms with Crippen LogP contribution in [0.1, 0.15) is 19.4 Å². The van der Waals surface area contributed by atoms with Crippen LogP contribution in [-0.2, 0) is 10.1 Å². The minimum Gasteiger partial charge on any atom is -0.282 e. The Kier molecular flexibility index (Phi) is 5.12. The fourth-order valence-electron chi connectivity index (χ4n) is 0.852. The van der Waals surface area contributed by atoms with Crippen LogP contribution in [0.4, 0.5) is 0 Å². The van der Waals surface area contributed by atoms with Crippen LogP contribution in [-0.4, -0.2) is 13.0 Å². The van der Waals surface area contributed by atoms with Crippen LogP contribution >= 0.6 is 11.6 Å². The Balaban J connectivity index is 0.000000791. The largest absolute Gasteiger partial charge is 0.294 e. The predicted octanol–water partition coefficient (Wildman–Crippen LogP) is 2.92. The van der Waals surface area contributed by atoms with Gasteiger partial charge in [-0.1, -0.05) is 31.5 Å². The van der Waals surface area contributed by atoms with Gasteiger partial charge in [-0.15, -0.1) is 0 Å². The minimum absolute atomic E-state index is 0.144. The lowest BCUT2D eigenvalue weighted by Gasteiger charge is -2.01. The summed E-state index contributed by atoms with van der Waals surface area (Å²) in [4.78, 5) is -0.144. The van der Waals surface area contributed by atoms with E-state index in [-0.39, 0.29) is 9.92 Å². The van der Waals surface area contributed by atoms with Gasteiger partial charge in [0.15, 0.2) is 0 Å². The fraction of sp³-hybridized carbons (Fsp3) is 0.333. The van der Waals surface area contributed by atoms with Gasteiger partial charge >= 0.3 is 0 Å². The molecule has 0 aliphatic carbocycles. The van der Waals surface area contributed by atoms with Crippen molar-refractivity contribution in [1.82, 2.24) is 0 Å². The smallest absolute Gasteiger partial charge is 0.282 e. The Labute approximate surface area is 89.5 Å². The maximum atomic E-state index is 10.7. The Hall–Kier alpha value is -0.580. The second-order valence-electron chi connectivity index (χ2n) is 2.38. The molecule has 0 saturated carbocycles. The molecule has 1 aromatic rings. The standard InChI is InChI=1S/C7H7ClO3S.C2H6/c1-5-2-3-6(8)4-7(5)12(9,10)11;1-2/h2-4H,1H3,(H,9,10,11);1-2H3. The first-order valence-corrected chi connectivity index (χ1v) is 5.97. The molecule has 0 aromatic heterocycles. The van der Waals surface area contributed by atoms with E-state index in [9.17, 15) is 8.42 Å². The second-order valence-corrected chi connectivity index (χ2v) is 4.21. The molecule has 0 aliphatic rings. The van der Waals surface area contributed by atoms with Gasteiger partial charge < -0.3 is 0 Å². The van der Waals surface area contributed by atoms with Crippen LogP contribution in [0.3, 0.4) is 0 Å². The van der Waals surface area contributed by atoms with Crippen molar-refractivity contribution < 1.29 is 13.0 Å². The van der Waals surface area contributed by atoms with Crippen LogP contribution in [0.2, 0.25) is 5.02 Å². The van der Waals surface area contributed by atoms with E-state index in [1.165, 1.54) is 12.1 Å². The molecule has 1 N–H and O–H groups in total. The molecule has 0 amide bonds. The lowest BCUT2D eigenvalue weighted by atomic mass is 10.2. The summed E-state index contributed by atoms with van der Waals surface area (Å²) < 4.78 is 30.1. The third kappa shape index (κ3) is 3.65. The van der Waals surface area contributed by atoms with Crippen molar-refractivity contribution in [1.29, 1.82) is 0 Å². The van der Waals surface area contributed by atoms with Crippen molar-refractivity contribution in [2.75, 3.05) is 0 Å². The topological polar surface area (TPSA) is 54.4 Å². The van der Waals surface area contributed by atoms with Crippen molar-refractivity contribution in [2.24, 2.45) is 0 Å². The highest BCUT2D eigenvalue weighted by atomic mass is 35.5. The number of hydrogen-bond donors (Lipinski definition) is 1. The molecule has 0 bridgehead atoms. The van der Waals surface area contributed by atoms with E-state index in [0.717, 1.165) is 0 Å². The van der Waals surface area contributed by atoms with Gasteiger partial charge in [0, 0.05) is 5.02 Å². The summed E-state index contributed by atoms with van der Waals surface area (Å²) in [6, 6.07) is 4.31. The highest BCUT2D eigenvalue weighted by Gasteiger charge is 2.12. The zero-order valence-corrected chi connectivity index (χ0v) is 9.85. The number of benzene rings is 1. The molecule has 5 heteroatoms. The van der Waals surface area contributed by atoms with E-state index in [4.69, 9.17) is 16.2 Å². The highest BCUT2D eigenvalue weighted by Crippen LogP contribution is 2.19. The van der Waals surface area contributed by atoms with Crippen molar-refractivity contribution in [3.63, 3.8) is 0 Å². The first-order chi connectivity index (χ1) is 6.41. The van der Waals surface area contributed by atoms with Crippen LogP contribution in [0, 0.1) is 6.92 Å². The molecule has 0 saturated heterocycles. The van der Waals surface area contributed by atoms with E-state index in [1.54, 1.807) is 13.0 Å². The van der Waals surface area contributed by atoms with Gasteiger partial charge in [0.1, 0.15) is 0 Å². The van der Waals surface area contributed by atoms with Crippen molar-refractivity contribution in [2.45, 2.75) is 25.7 Å². The monoisotopic (exact) mass is 236 g/mol. The molecule has 0 radical (unpaired) electrons. The molecule has 0 atom stereocenters. The summed E-state index contributed by atoms with van der Waals surface area (Å²) in [5.41, 5.74) is 0.474. The van der Waals surface area contributed by atoms with Gasteiger partial charge in [-0.25, -0.2) is 0 Å². The van der Waals surface area contributed by atoms with Crippen LogP contribution < -0.4 is 0 Å². The van der Waals surface area contributed by atoms with Gasteiger partial charge in [-0.2, -0.15) is 8.42 Å². The minimum atomic E-state index is -4.14. The molecule has 1 aromatic carbocycles. The summed E-state index contributed by atoms with van der Waals surface area (Å²) >= 11 is 5.55. The number of halogens is 1. The summed E-state index contributed by atoms with van der Waals surface area (Å²) in [6.07, 6.45) is 0. The number of hydrogen-bond acceptors (Lipinski definition) is 2. The third-order valence-electron chi connectivity index (χ3n) is 1.43. The average molecular weight is 237 g/mol. The highest BCUT2D eigenvalue weighted by molar-refractivity contribution is 7.85. The molecule has 1 rings (SSSR count). The Morgan fingerprint density at radius 1 is 1.29 bits per heavy atom. The summed E-state index contributed by atoms with van der Waals surface area (Å²) in [7, 11) is -4.14. The van der Waals surface area contributed by atoms with E-state index in [2.05, 4.69) is 0 Å². The maximum absolute atomic E-state index is 10.7. The second kappa shape index (κ2) is 5.34. The molecule has 0 heterocycles. The quantitative estimate of drug-likeness (QED) is 0.763. The van der Waals surface area contributed by atoms with E-state index < -0.39 is 10.1 Å². The normalized spacial score (nSPS) is 10.4. The van der Waals surface area contributed by atoms with E-state index in [0.29, 0.717) is 5.56 Å². The number of aryl methyl sites for hydroxylation is 1. The van der Waals surface area contributed by atoms with Gasteiger partial charge in [0.25, 0.3) is 10.1 Å².